The number of ether oxygens (including phenoxy) is 1. The number of aryl methyl sites for hydroxylation is 4. The lowest BCUT2D eigenvalue weighted by Gasteiger charge is -2.16. The van der Waals surface area contributed by atoms with Crippen LogP contribution in [0.3, 0.4) is 0 Å². The summed E-state index contributed by atoms with van der Waals surface area (Å²) in [7, 11) is 1.59. The van der Waals surface area contributed by atoms with Crippen LogP contribution < -0.4 is 10.1 Å². The third-order valence-electron chi connectivity index (χ3n) is 6.12. The largest absolute Gasteiger partial charge is 0.495 e. The summed E-state index contributed by atoms with van der Waals surface area (Å²) in [5.74, 6) is 1.20. The topological polar surface area (TPSA) is 99.2 Å². The van der Waals surface area contributed by atoms with E-state index in [1.165, 1.54) is 11.8 Å². The van der Waals surface area contributed by atoms with Crippen LogP contribution in [0.15, 0.2) is 59.8 Å². The second kappa shape index (κ2) is 10.6. The molecule has 0 saturated carbocycles. The van der Waals surface area contributed by atoms with Crippen molar-refractivity contribution >= 4 is 39.9 Å². The monoisotopic (exact) mass is 515 g/mol. The van der Waals surface area contributed by atoms with E-state index in [1.807, 2.05) is 74.0 Å². The van der Waals surface area contributed by atoms with Gasteiger partial charge in [0.1, 0.15) is 5.75 Å². The molecule has 0 saturated heterocycles. The van der Waals surface area contributed by atoms with E-state index < -0.39 is 0 Å². The number of anilines is 1. The van der Waals surface area contributed by atoms with Crippen molar-refractivity contribution in [3.05, 3.63) is 71.8 Å². The molecular weight excluding hydrogens is 486 g/mol. The number of methoxy groups -OCH3 is 1. The standard InChI is InChI=1S/C27H29N7O2S/c1-5-23(26(35)28-21-12-8-9-13-22(21)36-4)37-27-29-20-11-7-6-10-19(20)25-30-24(32-34(25)27)14-15-33-18(3)16-17(2)31-33/h6-13,16,23H,5,14-15H2,1-4H3,(H,28,35)/t23-/m1/s1. The predicted octanol–water partition coefficient (Wildman–Crippen LogP) is 4.85. The van der Waals surface area contributed by atoms with E-state index in [9.17, 15) is 4.79 Å². The molecule has 1 atom stereocenters. The summed E-state index contributed by atoms with van der Waals surface area (Å²) in [6.45, 7) is 6.70. The smallest absolute Gasteiger partial charge is 0.238 e. The average Bonchev–Trinajstić information content (AvgIpc) is 3.48. The van der Waals surface area contributed by atoms with E-state index in [0.717, 1.165) is 27.9 Å². The van der Waals surface area contributed by atoms with E-state index in [4.69, 9.17) is 19.8 Å². The van der Waals surface area contributed by atoms with Crippen molar-refractivity contribution in [3.8, 4) is 5.75 Å². The maximum Gasteiger partial charge on any atom is 0.238 e. The van der Waals surface area contributed by atoms with Crippen LogP contribution in [0.5, 0.6) is 5.75 Å². The fourth-order valence-electron chi connectivity index (χ4n) is 4.27. The molecule has 5 rings (SSSR count). The Kier molecular flexibility index (Phi) is 7.09. The number of fused-ring (bicyclic) bond motifs is 3. The first kappa shape index (κ1) is 24.8. The van der Waals surface area contributed by atoms with E-state index in [0.29, 0.717) is 41.8 Å². The molecule has 0 aliphatic rings. The third-order valence-corrected chi connectivity index (χ3v) is 7.43. The van der Waals surface area contributed by atoms with Crippen LogP contribution in [0.4, 0.5) is 5.69 Å². The number of benzene rings is 2. The fourth-order valence-corrected chi connectivity index (χ4v) is 5.24. The zero-order valence-corrected chi connectivity index (χ0v) is 22.1. The molecule has 0 aliphatic heterocycles. The molecule has 3 heterocycles. The number of nitrogens with one attached hydrogen (secondary N) is 1. The minimum absolute atomic E-state index is 0.120. The number of carbonyl (C=O) groups excluding carboxylic acids is 1. The zero-order valence-electron chi connectivity index (χ0n) is 21.3. The lowest BCUT2D eigenvalue weighted by Crippen LogP contribution is -2.25. The molecule has 0 spiro atoms. The Morgan fingerprint density at radius 2 is 1.86 bits per heavy atom. The number of amides is 1. The highest BCUT2D eigenvalue weighted by molar-refractivity contribution is 8.00. The van der Waals surface area contributed by atoms with Crippen LogP contribution in [0.25, 0.3) is 16.6 Å². The van der Waals surface area contributed by atoms with Gasteiger partial charge in [0.2, 0.25) is 5.91 Å². The molecule has 3 aromatic heterocycles. The lowest BCUT2D eigenvalue weighted by molar-refractivity contribution is -0.115. The summed E-state index contributed by atoms with van der Waals surface area (Å²) in [6, 6.07) is 17.3. The van der Waals surface area contributed by atoms with Crippen molar-refractivity contribution in [2.24, 2.45) is 0 Å². The van der Waals surface area contributed by atoms with Gasteiger partial charge in [0.25, 0.3) is 0 Å². The number of para-hydroxylation sites is 3. The molecule has 0 bridgehead atoms. The van der Waals surface area contributed by atoms with Gasteiger partial charge in [0, 0.05) is 24.0 Å². The molecule has 0 fully saturated rings. The summed E-state index contributed by atoms with van der Waals surface area (Å²) in [5, 5.41) is 13.5. The Hall–Kier alpha value is -3.92. The molecular formula is C27H29N7O2S. The van der Waals surface area contributed by atoms with Gasteiger partial charge in [-0.2, -0.15) is 9.61 Å². The van der Waals surface area contributed by atoms with Gasteiger partial charge in [-0.1, -0.05) is 43.0 Å². The second-order valence-corrected chi connectivity index (χ2v) is 9.95. The maximum absolute atomic E-state index is 13.2. The van der Waals surface area contributed by atoms with Crippen molar-refractivity contribution in [2.75, 3.05) is 12.4 Å². The van der Waals surface area contributed by atoms with Gasteiger partial charge in [-0.05, 0) is 50.6 Å². The third kappa shape index (κ3) is 5.15. The summed E-state index contributed by atoms with van der Waals surface area (Å²) < 4.78 is 9.13. The van der Waals surface area contributed by atoms with Gasteiger partial charge in [-0.25, -0.2) is 9.97 Å². The van der Waals surface area contributed by atoms with Gasteiger partial charge < -0.3 is 10.1 Å². The number of nitrogens with zero attached hydrogens (tertiary/aromatic N) is 6. The summed E-state index contributed by atoms with van der Waals surface area (Å²) in [5.41, 5.74) is 4.28. The van der Waals surface area contributed by atoms with Gasteiger partial charge in [0.15, 0.2) is 16.6 Å². The quantitative estimate of drug-likeness (QED) is 0.221. The van der Waals surface area contributed by atoms with E-state index in [1.54, 1.807) is 11.6 Å². The Bertz CT molecular complexity index is 1580. The predicted molar refractivity (Wildman–Crippen MR) is 145 cm³/mol. The van der Waals surface area contributed by atoms with Crippen molar-refractivity contribution in [1.82, 2.24) is 29.4 Å². The molecule has 5 aromatic rings. The zero-order chi connectivity index (χ0) is 25.9. The van der Waals surface area contributed by atoms with Crippen LogP contribution >= 0.6 is 11.8 Å². The van der Waals surface area contributed by atoms with E-state index in [2.05, 4.69) is 16.5 Å². The highest BCUT2D eigenvalue weighted by atomic mass is 32.2. The van der Waals surface area contributed by atoms with E-state index in [-0.39, 0.29) is 11.2 Å². The van der Waals surface area contributed by atoms with Crippen LogP contribution in [-0.2, 0) is 17.8 Å². The molecule has 0 unspecified atom stereocenters. The first-order valence-corrected chi connectivity index (χ1v) is 13.1. The lowest BCUT2D eigenvalue weighted by atomic mass is 10.2. The van der Waals surface area contributed by atoms with Crippen molar-refractivity contribution in [1.29, 1.82) is 0 Å². The van der Waals surface area contributed by atoms with Gasteiger partial charge in [-0.3, -0.25) is 9.48 Å². The molecule has 10 heteroatoms. The van der Waals surface area contributed by atoms with Crippen molar-refractivity contribution in [3.63, 3.8) is 0 Å². The van der Waals surface area contributed by atoms with E-state index >= 15 is 0 Å². The molecule has 0 radical (unpaired) electrons. The minimum atomic E-state index is -0.385. The number of rotatable bonds is 9. The average molecular weight is 516 g/mol. The number of carbonyl (C=O) groups is 1. The number of aromatic nitrogens is 6. The van der Waals surface area contributed by atoms with Crippen molar-refractivity contribution in [2.45, 2.75) is 50.6 Å². The van der Waals surface area contributed by atoms with Crippen LogP contribution in [-0.4, -0.2) is 47.6 Å². The Balaban J connectivity index is 1.45. The van der Waals surface area contributed by atoms with Gasteiger partial charge >= 0.3 is 0 Å². The maximum atomic E-state index is 13.2. The number of hydrogen-bond donors (Lipinski definition) is 1. The van der Waals surface area contributed by atoms with Crippen LogP contribution in [0.2, 0.25) is 0 Å². The van der Waals surface area contributed by atoms with Crippen molar-refractivity contribution < 1.29 is 9.53 Å². The summed E-state index contributed by atoms with van der Waals surface area (Å²) in [6.07, 6.45) is 1.24. The highest BCUT2D eigenvalue weighted by Gasteiger charge is 2.23. The number of thioether (sulfide) groups is 1. The Morgan fingerprint density at radius 3 is 2.62 bits per heavy atom. The normalized spacial score (nSPS) is 12.2. The molecule has 1 N–H and O–H groups in total. The van der Waals surface area contributed by atoms with Gasteiger partial charge in [-0.15, -0.1) is 5.10 Å². The Morgan fingerprint density at radius 1 is 1.08 bits per heavy atom. The highest BCUT2D eigenvalue weighted by Crippen LogP contribution is 2.30. The second-order valence-electron chi connectivity index (χ2n) is 8.78. The van der Waals surface area contributed by atoms with Gasteiger partial charge in [0.05, 0.1) is 29.3 Å². The Labute approximate surface area is 219 Å². The molecule has 0 aliphatic carbocycles. The molecule has 37 heavy (non-hydrogen) atoms. The molecule has 9 nitrogen and oxygen atoms in total. The molecule has 1 amide bonds. The van der Waals surface area contributed by atoms with Crippen LogP contribution in [0, 0.1) is 13.8 Å². The molecule has 2 aromatic carbocycles. The first-order valence-electron chi connectivity index (χ1n) is 12.2. The summed E-state index contributed by atoms with van der Waals surface area (Å²) >= 11 is 1.39. The summed E-state index contributed by atoms with van der Waals surface area (Å²) in [4.78, 5) is 23.0. The molecule has 190 valence electrons. The van der Waals surface area contributed by atoms with Crippen LogP contribution in [0.1, 0.15) is 30.6 Å². The first-order chi connectivity index (χ1) is 18.0. The number of hydrogen-bond acceptors (Lipinski definition) is 7. The SMILES string of the molecule is CC[C@@H](Sc1nc2ccccc2c2nc(CCn3nc(C)cc3C)nn12)C(=O)Nc1ccccc1OC. The fraction of sp³-hybridized carbons (Fsp3) is 0.296. The minimum Gasteiger partial charge on any atom is -0.495 e.